The fourth-order valence-corrected chi connectivity index (χ4v) is 2.05. The van der Waals surface area contributed by atoms with Crippen molar-refractivity contribution in [1.29, 1.82) is 0 Å². The van der Waals surface area contributed by atoms with E-state index in [0.717, 1.165) is 11.3 Å². The van der Waals surface area contributed by atoms with Crippen molar-refractivity contribution >= 4 is 23.8 Å². The van der Waals surface area contributed by atoms with Gasteiger partial charge in [-0.15, -0.1) is 0 Å². The molecule has 0 saturated heterocycles. The third-order valence-electron chi connectivity index (χ3n) is 2.74. The average molecular weight is 271 g/mol. The summed E-state index contributed by atoms with van der Waals surface area (Å²) in [5.74, 6) is 0.616. The number of hydrogen-bond donors (Lipinski definition) is 0. The molecule has 2 heterocycles. The highest BCUT2D eigenvalue weighted by Gasteiger charge is 2.10. The lowest BCUT2D eigenvalue weighted by atomic mass is 10.1. The molecule has 0 saturated carbocycles. The summed E-state index contributed by atoms with van der Waals surface area (Å²) in [6.07, 6.45) is 7.25. The van der Waals surface area contributed by atoms with Crippen LogP contribution >= 0.6 is 11.6 Å². The molecule has 94 valence electrons. The maximum Gasteiger partial charge on any atom is 0.231 e. The summed E-state index contributed by atoms with van der Waals surface area (Å²) in [4.78, 5) is 14.8. The summed E-state index contributed by atoms with van der Waals surface area (Å²) in [5, 5.41) is 0.680. The van der Waals surface area contributed by atoms with Gasteiger partial charge in [0.25, 0.3) is 0 Å². The number of aromatic nitrogens is 2. The molecular weight excluding hydrogens is 260 g/mol. The largest absolute Gasteiger partial charge is 0.297 e. The van der Waals surface area contributed by atoms with Crippen LogP contribution in [0, 0.1) is 0 Å². The fraction of sp³-hybridized carbons (Fsp3) is 0.0714. The van der Waals surface area contributed by atoms with Crippen molar-refractivity contribution in [2.75, 3.05) is 11.6 Å². The third kappa shape index (κ3) is 2.48. The van der Waals surface area contributed by atoms with Gasteiger partial charge in [0, 0.05) is 29.2 Å². The maximum absolute atomic E-state index is 6.19. The molecule has 0 spiro atoms. The Morgan fingerprint density at radius 1 is 1.16 bits per heavy atom. The van der Waals surface area contributed by atoms with Gasteiger partial charge in [0.05, 0.1) is 5.69 Å². The molecule has 1 aromatic heterocycles. The Bertz CT molecular complexity index is 651. The van der Waals surface area contributed by atoms with Crippen molar-refractivity contribution in [3.05, 3.63) is 53.8 Å². The molecule has 3 rings (SSSR count). The SMILES string of the molecule is Clc1ccccc1-c1ccnc(N2C=CC=NC2)n1. The monoisotopic (exact) mass is 270 g/mol. The number of nitrogens with zero attached hydrogens (tertiary/aromatic N) is 4. The Balaban J connectivity index is 1.98. The van der Waals surface area contributed by atoms with Gasteiger partial charge in [-0.25, -0.2) is 9.97 Å². The summed E-state index contributed by atoms with van der Waals surface area (Å²) in [5.41, 5.74) is 1.70. The minimum Gasteiger partial charge on any atom is -0.297 e. The second-order valence-electron chi connectivity index (χ2n) is 4.01. The van der Waals surface area contributed by atoms with E-state index in [1.54, 1.807) is 12.4 Å². The highest BCUT2D eigenvalue weighted by Crippen LogP contribution is 2.26. The molecule has 1 aliphatic rings. The van der Waals surface area contributed by atoms with Gasteiger partial charge in [-0.1, -0.05) is 29.8 Å². The summed E-state index contributed by atoms with van der Waals surface area (Å²) in [7, 11) is 0. The molecule has 0 amide bonds. The van der Waals surface area contributed by atoms with Gasteiger partial charge in [-0.05, 0) is 18.2 Å². The van der Waals surface area contributed by atoms with Crippen LogP contribution in [-0.2, 0) is 0 Å². The van der Waals surface area contributed by atoms with E-state index in [-0.39, 0.29) is 0 Å². The highest BCUT2D eigenvalue weighted by atomic mass is 35.5. The molecule has 4 nitrogen and oxygen atoms in total. The van der Waals surface area contributed by atoms with Gasteiger partial charge in [0.1, 0.15) is 6.67 Å². The maximum atomic E-state index is 6.19. The van der Waals surface area contributed by atoms with E-state index in [4.69, 9.17) is 11.6 Å². The molecule has 0 bridgehead atoms. The van der Waals surface area contributed by atoms with Gasteiger partial charge in [0.15, 0.2) is 0 Å². The zero-order chi connectivity index (χ0) is 13.1. The van der Waals surface area contributed by atoms with Crippen LogP contribution in [0.25, 0.3) is 11.3 Å². The van der Waals surface area contributed by atoms with Gasteiger partial charge in [-0.2, -0.15) is 0 Å². The second-order valence-corrected chi connectivity index (χ2v) is 4.41. The van der Waals surface area contributed by atoms with E-state index < -0.39 is 0 Å². The van der Waals surface area contributed by atoms with Gasteiger partial charge < -0.3 is 0 Å². The van der Waals surface area contributed by atoms with Crippen molar-refractivity contribution in [3.8, 4) is 11.3 Å². The lowest BCUT2D eigenvalue weighted by Crippen LogP contribution is -2.20. The molecule has 0 fully saturated rings. The first kappa shape index (κ1) is 11.9. The van der Waals surface area contributed by atoms with E-state index in [0.29, 0.717) is 17.6 Å². The number of allylic oxidation sites excluding steroid dienone is 1. The molecule has 2 aromatic rings. The Labute approximate surface area is 116 Å². The molecule has 5 heteroatoms. The van der Waals surface area contributed by atoms with Crippen LogP contribution in [0.3, 0.4) is 0 Å². The minimum atomic E-state index is 0.530. The van der Waals surface area contributed by atoms with Crippen molar-refractivity contribution in [1.82, 2.24) is 9.97 Å². The summed E-state index contributed by atoms with van der Waals surface area (Å²) in [6, 6.07) is 9.48. The Morgan fingerprint density at radius 2 is 2.05 bits per heavy atom. The van der Waals surface area contributed by atoms with E-state index >= 15 is 0 Å². The van der Waals surface area contributed by atoms with Crippen LogP contribution in [0.4, 0.5) is 5.95 Å². The molecule has 0 N–H and O–H groups in total. The van der Waals surface area contributed by atoms with Gasteiger partial charge in [-0.3, -0.25) is 9.89 Å². The number of hydrogen-bond acceptors (Lipinski definition) is 4. The zero-order valence-corrected chi connectivity index (χ0v) is 10.8. The zero-order valence-electron chi connectivity index (χ0n) is 10.1. The lowest BCUT2D eigenvalue weighted by Gasteiger charge is -2.18. The van der Waals surface area contributed by atoms with Crippen molar-refractivity contribution in [3.63, 3.8) is 0 Å². The third-order valence-corrected chi connectivity index (χ3v) is 3.07. The molecule has 1 aromatic carbocycles. The molecular formula is C14H11ClN4. The minimum absolute atomic E-state index is 0.530. The molecule has 0 atom stereocenters. The Kier molecular flexibility index (Phi) is 3.25. The molecule has 1 aliphatic heterocycles. The fourth-order valence-electron chi connectivity index (χ4n) is 1.82. The molecule has 19 heavy (non-hydrogen) atoms. The smallest absolute Gasteiger partial charge is 0.231 e. The van der Waals surface area contributed by atoms with Crippen LogP contribution < -0.4 is 4.90 Å². The first-order valence-electron chi connectivity index (χ1n) is 5.86. The van der Waals surface area contributed by atoms with Crippen LogP contribution in [0.15, 0.2) is 53.8 Å². The number of halogens is 1. The van der Waals surface area contributed by atoms with E-state index in [9.17, 15) is 0 Å². The van der Waals surface area contributed by atoms with Crippen molar-refractivity contribution < 1.29 is 0 Å². The number of rotatable bonds is 2. The normalized spacial score (nSPS) is 13.8. The predicted octanol–water partition coefficient (Wildman–Crippen LogP) is 3.16. The van der Waals surface area contributed by atoms with Crippen LogP contribution in [0.5, 0.6) is 0 Å². The first-order chi connectivity index (χ1) is 9.34. The summed E-state index contributed by atoms with van der Waals surface area (Å²) < 4.78 is 0. The highest BCUT2D eigenvalue weighted by molar-refractivity contribution is 6.33. The van der Waals surface area contributed by atoms with E-state index in [2.05, 4.69) is 15.0 Å². The van der Waals surface area contributed by atoms with Gasteiger partial charge >= 0.3 is 0 Å². The Morgan fingerprint density at radius 3 is 2.84 bits per heavy atom. The molecule has 0 radical (unpaired) electrons. The van der Waals surface area contributed by atoms with Crippen LogP contribution in [0.2, 0.25) is 5.02 Å². The summed E-state index contributed by atoms with van der Waals surface area (Å²) in [6.45, 7) is 0.530. The molecule has 0 aliphatic carbocycles. The lowest BCUT2D eigenvalue weighted by molar-refractivity contribution is 0.911. The quantitative estimate of drug-likeness (QED) is 0.842. The summed E-state index contributed by atoms with van der Waals surface area (Å²) >= 11 is 6.19. The standard InChI is InChI=1S/C14H11ClN4/c15-12-5-2-1-4-11(12)13-6-8-17-14(18-13)19-9-3-7-16-10-19/h1-9H,10H2. The average Bonchev–Trinajstić information content (AvgIpc) is 2.49. The topological polar surface area (TPSA) is 41.4 Å². The Hall–Kier alpha value is -2.20. The van der Waals surface area contributed by atoms with Gasteiger partial charge in [0.2, 0.25) is 5.95 Å². The van der Waals surface area contributed by atoms with Crippen molar-refractivity contribution in [2.45, 2.75) is 0 Å². The van der Waals surface area contributed by atoms with Crippen molar-refractivity contribution in [2.24, 2.45) is 4.99 Å². The number of benzene rings is 1. The van der Waals surface area contributed by atoms with Crippen LogP contribution in [0.1, 0.15) is 0 Å². The number of aliphatic imine (C=N–C) groups is 1. The number of anilines is 1. The second kappa shape index (κ2) is 5.20. The predicted molar refractivity (Wildman–Crippen MR) is 77.5 cm³/mol. The van der Waals surface area contributed by atoms with E-state index in [1.165, 1.54) is 0 Å². The first-order valence-corrected chi connectivity index (χ1v) is 6.23. The van der Waals surface area contributed by atoms with E-state index in [1.807, 2.05) is 47.5 Å². The van der Waals surface area contributed by atoms with Crippen LogP contribution in [-0.4, -0.2) is 22.9 Å². The molecule has 0 unspecified atom stereocenters.